The van der Waals surface area contributed by atoms with E-state index in [0.717, 1.165) is 17.8 Å². The van der Waals surface area contributed by atoms with Crippen LogP contribution in [0, 0.1) is 0 Å². The highest BCUT2D eigenvalue weighted by Crippen LogP contribution is 2.19. The van der Waals surface area contributed by atoms with Crippen molar-refractivity contribution >= 4 is 0 Å². The van der Waals surface area contributed by atoms with Crippen LogP contribution in [-0.4, -0.2) is 24.4 Å². The first kappa shape index (κ1) is 12.1. The first-order valence-corrected chi connectivity index (χ1v) is 5.12. The van der Waals surface area contributed by atoms with E-state index in [4.69, 9.17) is 9.47 Å². The number of rotatable bonds is 5. The van der Waals surface area contributed by atoms with Crippen LogP contribution in [0.25, 0.3) is 0 Å². The highest BCUT2D eigenvalue weighted by molar-refractivity contribution is 5.10. The summed E-state index contributed by atoms with van der Waals surface area (Å²) in [5.74, 6) is 0. The molecule has 2 atom stereocenters. The van der Waals surface area contributed by atoms with Crippen molar-refractivity contribution in [1.82, 2.24) is 10.2 Å². The third-order valence-corrected chi connectivity index (χ3v) is 2.46. The molecule has 1 aromatic heterocycles. The standard InChI is InChI=1S/C11H18N2O2/c1-5-11(15-4)10-7-6-9(12-13-10)8(2)14-3/h6-8,11H,5H2,1-4H3. The molecular weight excluding hydrogens is 192 g/mol. The molecule has 0 amide bonds. The number of hydrogen-bond acceptors (Lipinski definition) is 4. The molecule has 2 unspecified atom stereocenters. The molecule has 1 aromatic rings. The minimum Gasteiger partial charge on any atom is -0.375 e. The number of ether oxygens (including phenoxy) is 2. The largest absolute Gasteiger partial charge is 0.375 e. The van der Waals surface area contributed by atoms with Gasteiger partial charge < -0.3 is 9.47 Å². The quantitative estimate of drug-likeness (QED) is 0.748. The molecule has 0 aliphatic heterocycles. The van der Waals surface area contributed by atoms with Gasteiger partial charge in [0.1, 0.15) is 6.10 Å². The fraction of sp³-hybridized carbons (Fsp3) is 0.636. The average molecular weight is 210 g/mol. The van der Waals surface area contributed by atoms with Gasteiger partial charge in [0.25, 0.3) is 0 Å². The summed E-state index contributed by atoms with van der Waals surface area (Å²) in [5.41, 5.74) is 1.71. The van der Waals surface area contributed by atoms with Crippen molar-refractivity contribution in [3.05, 3.63) is 23.5 Å². The summed E-state index contributed by atoms with van der Waals surface area (Å²) in [6.07, 6.45) is 0.906. The number of nitrogens with zero attached hydrogens (tertiary/aromatic N) is 2. The van der Waals surface area contributed by atoms with E-state index in [9.17, 15) is 0 Å². The second-order valence-corrected chi connectivity index (χ2v) is 3.39. The molecule has 4 heteroatoms. The van der Waals surface area contributed by atoms with Crippen LogP contribution in [0.4, 0.5) is 0 Å². The smallest absolute Gasteiger partial charge is 0.101 e. The monoisotopic (exact) mass is 210 g/mol. The summed E-state index contributed by atoms with van der Waals surface area (Å²) in [7, 11) is 3.34. The number of methoxy groups -OCH3 is 2. The zero-order valence-electron chi connectivity index (χ0n) is 9.73. The Balaban J connectivity index is 2.79. The molecule has 0 fully saturated rings. The summed E-state index contributed by atoms with van der Waals surface area (Å²) < 4.78 is 10.4. The van der Waals surface area contributed by atoms with Gasteiger partial charge in [-0.2, -0.15) is 10.2 Å². The van der Waals surface area contributed by atoms with Crippen LogP contribution in [-0.2, 0) is 9.47 Å². The molecule has 0 aliphatic carbocycles. The number of hydrogen-bond donors (Lipinski definition) is 0. The third kappa shape index (κ3) is 2.97. The van der Waals surface area contributed by atoms with Gasteiger partial charge in [-0.1, -0.05) is 6.92 Å². The molecule has 1 rings (SSSR count). The Morgan fingerprint density at radius 3 is 2.13 bits per heavy atom. The average Bonchev–Trinajstić information content (AvgIpc) is 2.30. The Morgan fingerprint density at radius 2 is 1.73 bits per heavy atom. The van der Waals surface area contributed by atoms with Crippen molar-refractivity contribution in [3.63, 3.8) is 0 Å². The Morgan fingerprint density at radius 1 is 1.13 bits per heavy atom. The van der Waals surface area contributed by atoms with Crippen LogP contribution in [0.15, 0.2) is 12.1 Å². The molecule has 0 spiro atoms. The molecule has 15 heavy (non-hydrogen) atoms. The summed E-state index contributed by atoms with van der Waals surface area (Å²) in [5, 5.41) is 8.25. The lowest BCUT2D eigenvalue weighted by Crippen LogP contribution is -2.07. The fourth-order valence-electron chi connectivity index (χ4n) is 1.36. The van der Waals surface area contributed by atoms with E-state index in [-0.39, 0.29) is 12.2 Å². The SMILES string of the molecule is CCC(OC)c1ccc(C(C)OC)nn1. The topological polar surface area (TPSA) is 44.2 Å². The lowest BCUT2D eigenvalue weighted by atomic mass is 10.1. The minimum absolute atomic E-state index is 0.0193. The third-order valence-electron chi connectivity index (χ3n) is 2.46. The highest BCUT2D eigenvalue weighted by atomic mass is 16.5. The zero-order valence-corrected chi connectivity index (χ0v) is 9.73. The van der Waals surface area contributed by atoms with E-state index in [1.165, 1.54) is 0 Å². The molecule has 0 radical (unpaired) electrons. The van der Waals surface area contributed by atoms with Crippen LogP contribution < -0.4 is 0 Å². The van der Waals surface area contributed by atoms with Crippen LogP contribution in [0.3, 0.4) is 0 Å². The maximum absolute atomic E-state index is 5.28. The van der Waals surface area contributed by atoms with Crippen LogP contribution in [0.1, 0.15) is 43.9 Å². The Hall–Kier alpha value is -1.00. The molecular formula is C11H18N2O2. The van der Waals surface area contributed by atoms with Gasteiger partial charge in [0.05, 0.1) is 17.5 Å². The summed E-state index contributed by atoms with van der Waals surface area (Å²) in [6, 6.07) is 3.87. The molecule has 4 nitrogen and oxygen atoms in total. The predicted octanol–water partition coefficient (Wildman–Crippen LogP) is 2.28. The normalized spacial score (nSPS) is 14.9. The maximum Gasteiger partial charge on any atom is 0.101 e. The van der Waals surface area contributed by atoms with Gasteiger partial charge in [0.15, 0.2) is 0 Å². The van der Waals surface area contributed by atoms with Crippen LogP contribution in [0.5, 0.6) is 0 Å². The fourth-order valence-corrected chi connectivity index (χ4v) is 1.36. The van der Waals surface area contributed by atoms with Crippen molar-refractivity contribution in [2.45, 2.75) is 32.5 Å². The highest BCUT2D eigenvalue weighted by Gasteiger charge is 2.11. The van der Waals surface area contributed by atoms with Gasteiger partial charge in [-0.15, -0.1) is 0 Å². The van der Waals surface area contributed by atoms with Crippen molar-refractivity contribution in [3.8, 4) is 0 Å². The van der Waals surface area contributed by atoms with Gasteiger partial charge >= 0.3 is 0 Å². The van der Waals surface area contributed by atoms with Crippen molar-refractivity contribution in [2.24, 2.45) is 0 Å². The van der Waals surface area contributed by atoms with E-state index >= 15 is 0 Å². The zero-order chi connectivity index (χ0) is 11.3. The van der Waals surface area contributed by atoms with Crippen molar-refractivity contribution < 1.29 is 9.47 Å². The second kappa shape index (κ2) is 5.78. The Kier molecular flexibility index (Phi) is 4.65. The predicted molar refractivity (Wildman–Crippen MR) is 57.5 cm³/mol. The van der Waals surface area contributed by atoms with Crippen molar-refractivity contribution in [2.75, 3.05) is 14.2 Å². The molecule has 0 saturated carbocycles. The van der Waals surface area contributed by atoms with Crippen LogP contribution in [0.2, 0.25) is 0 Å². The van der Waals surface area contributed by atoms with E-state index in [1.807, 2.05) is 19.1 Å². The molecule has 0 N–H and O–H groups in total. The van der Waals surface area contributed by atoms with E-state index in [0.29, 0.717) is 0 Å². The second-order valence-electron chi connectivity index (χ2n) is 3.39. The first-order valence-electron chi connectivity index (χ1n) is 5.12. The maximum atomic E-state index is 5.28. The lowest BCUT2D eigenvalue weighted by Gasteiger charge is -2.13. The lowest BCUT2D eigenvalue weighted by molar-refractivity contribution is 0.0942. The van der Waals surface area contributed by atoms with Gasteiger partial charge in [0, 0.05) is 14.2 Å². The first-order chi connectivity index (χ1) is 7.22. The van der Waals surface area contributed by atoms with E-state index in [2.05, 4.69) is 17.1 Å². The molecule has 0 aromatic carbocycles. The van der Waals surface area contributed by atoms with Gasteiger partial charge in [-0.05, 0) is 25.5 Å². The minimum atomic E-state index is -0.0193. The number of aromatic nitrogens is 2. The molecule has 1 heterocycles. The summed E-state index contributed by atoms with van der Waals surface area (Å²) in [4.78, 5) is 0. The van der Waals surface area contributed by atoms with E-state index < -0.39 is 0 Å². The van der Waals surface area contributed by atoms with Gasteiger partial charge in [0.2, 0.25) is 0 Å². The van der Waals surface area contributed by atoms with Crippen LogP contribution >= 0.6 is 0 Å². The van der Waals surface area contributed by atoms with Gasteiger partial charge in [-0.3, -0.25) is 0 Å². The summed E-state index contributed by atoms with van der Waals surface area (Å²) in [6.45, 7) is 4.00. The Labute approximate surface area is 90.6 Å². The molecule has 0 bridgehead atoms. The van der Waals surface area contributed by atoms with E-state index in [1.54, 1.807) is 14.2 Å². The Bertz CT molecular complexity index is 283. The van der Waals surface area contributed by atoms with Gasteiger partial charge in [-0.25, -0.2) is 0 Å². The molecule has 0 aliphatic rings. The molecule has 84 valence electrons. The summed E-state index contributed by atoms with van der Waals surface area (Å²) >= 11 is 0. The van der Waals surface area contributed by atoms with Crippen molar-refractivity contribution in [1.29, 1.82) is 0 Å². The molecule has 0 saturated heterocycles.